The molecule has 0 fully saturated rings. The van der Waals surface area contributed by atoms with Crippen LogP contribution in [-0.4, -0.2) is 41.0 Å². The van der Waals surface area contributed by atoms with Gasteiger partial charge in [0.25, 0.3) is 5.91 Å². The second-order valence-corrected chi connectivity index (χ2v) is 4.94. The Morgan fingerprint density at radius 2 is 1.95 bits per heavy atom. The fourth-order valence-corrected chi connectivity index (χ4v) is 1.44. The summed E-state index contributed by atoms with van der Waals surface area (Å²) >= 11 is 0. The summed E-state index contributed by atoms with van der Waals surface area (Å²) < 4.78 is 0. The number of aromatic nitrogens is 1. The molecule has 0 aliphatic rings. The van der Waals surface area contributed by atoms with Gasteiger partial charge in [0.1, 0.15) is 5.69 Å². The predicted octanol–water partition coefficient (Wildman–Crippen LogP) is 0.672. The standard InChI is InChI=1S/C14H19N3O4/c1-9(2)7-17-12(18)5-6-15-13(19)11-4-3-10(8-16-11)14(20)21/h3-4,8-9H,5-7H2,1-2H3,(H,15,19)(H,17,18)(H,20,21). The number of hydrogen-bond donors (Lipinski definition) is 3. The zero-order chi connectivity index (χ0) is 15.8. The molecule has 2 amide bonds. The molecule has 0 saturated carbocycles. The molecule has 0 aliphatic carbocycles. The Labute approximate surface area is 122 Å². The summed E-state index contributed by atoms with van der Waals surface area (Å²) in [5.41, 5.74) is 0.127. The Balaban J connectivity index is 2.37. The van der Waals surface area contributed by atoms with E-state index in [1.165, 1.54) is 12.1 Å². The summed E-state index contributed by atoms with van der Waals surface area (Å²) in [5, 5.41) is 14.0. The van der Waals surface area contributed by atoms with E-state index in [0.717, 1.165) is 6.20 Å². The van der Waals surface area contributed by atoms with Gasteiger partial charge in [-0.1, -0.05) is 13.8 Å². The lowest BCUT2D eigenvalue weighted by Gasteiger charge is -2.08. The first-order valence-electron chi connectivity index (χ1n) is 6.64. The highest BCUT2D eigenvalue weighted by Gasteiger charge is 2.10. The molecule has 0 saturated heterocycles. The zero-order valence-corrected chi connectivity index (χ0v) is 12.0. The average Bonchev–Trinajstić information content (AvgIpc) is 2.45. The molecule has 1 rings (SSSR count). The van der Waals surface area contributed by atoms with Crippen molar-refractivity contribution < 1.29 is 19.5 Å². The van der Waals surface area contributed by atoms with Crippen LogP contribution in [-0.2, 0) is 4.79 Å². The van der Waals surface area contributed by atoms with Crippen LogP contribution >= 0.6 is 0 Å². The van der Waals surface area contributed by atoms with Gasteiger partial charge in [-0.05, 0) is 18.1 Å². The fraction of sp³-hybridized carbons (Fsp3) is 0.429. The van der Waals surface area contributed by atoms with Crippen LogP contribution in [0.3, 0.4) is 0 Å². The minimum Gasteiger partial charge on any atom is -0.478 e. The highest BCUT2D eigenvalue weighted by molar-refractivity contribution is 5.93. The van der Waals surface area contributed by atoms with Crippen molar-refractivity contribution in [2.45, 2.75) is 20.3 Å². The second kappa shape index (κ2) is 7.98. The summed E-state index contributed by atoms with van der Waals surface area (Å²) in [7, 11) is 0. The van der Waals surface area contributed by atoms with Gasteiger partial charge in [0, 0.05) is 25.7 Å². The molecule has 1 aromatic rings. The molecule has 0 unspecified atom stereocenters. The van der Waals surface area contributed by atoms with Crippen LogP contribution in [0, 0.1) is 5.92 Å². The van der Waals surface area contributed by atoms with Gasteiger partial charge in [-0.2, -0.15) is 0 Å². The number of aromatic carboxylic acids is 1. The highest BCUT2D eigenvalue weighted by Crippen LogP contribution is 2.00. The van der Waals surface area contributed by atoms with E-state index in [2.05, 4.69) is 15.6 Å². The van der Waals surface area contributed by atoms with Gasteiger partial charge in [-0.15, -0.1) is 0 Å². The maximum Gasteiger partial charge on any atom is 0.337 e. The molecular weight excluding hydrogens is 274 g/mol. The fourth-order valence-electron chi connectivity index (χ4n) is 1.44. The summed E-state index contributed by atoms with van der Waals surface area (Å²) in [6.45, 7) is 4.79. The predicted molar refractivity (Wildman–Crippen MR) is 76.0 cm³/mol. The van der Waals surface area contributed by atoms with Gasteiger partial charge in [-0.25, -0.2) is 4.79 Å². The first kappa shape index (κ1) is 16.6. The lowest BCUT2D eigenvalue weighted by molar-refractivity contribution is -0.121. The van der Waals surface area contributed by atoms with Crippen LogP contribution in [0.15, 0.2) is 18.3 Å². The van der Waals surface area contributed by atoms with Crippen molar-refractivity contribution in [3.8, 4) is 0 Å². The van der Waals surface area contributed by atoms with E-state index >= 15 is 0 Å². The molecule has 0 aliphatic heterocycles. The van der Waals surface area contributed by atoms with E-state index in [9.17, 15) is 14.4 Å². The summed E-state index contributed by atoms with van der Waals surface area (Å²) in [6, 6.07) is 2.64. The molecule has 0 aromatic carbocycles. The quantitative estimate of drug-likeness (QED) is 0.684. The first-order chi connectivity index (χ1) is 9.90. The van der Waals surface area contributed by atoms with Gasteiger partial charge in [0.05, 0.1) is 5.56 Å². The average molecular weight is 293 g/mol. The van der Waals surface area contributed by atoms with Crippen molar-refractivity contribution >= 4 is 17.8 Å². The number of carboxylic acid groups (broad SMARTS) is 1. The number of hydrogen-bond acceptors (Lipinski definition) is 4. The Kier molecular flexibility index (Phi) is 6.32. The molecule has 0 bridgehead atoms. The normalized spacial score (nSPS) is 10.2. The first-order valence-corrected chi connectivity index (χ1v) is 6.64. The summed E-state index contributed by atoms with van der Waals surface area (Å²) in [4.78, 5) is 37.6. The van der Waals surface area contributed by atoms with Gasteiger partial charge in [0.15, 0.2) is 0 Å². The summed E-state index contributed by atoms with van der Waals surface area (Å²) in [6.07, 6.45) is 1.30. The van der Waals surface area contributed by atoms with Crippen LogP contribution < -0.4 is 10.6 Å². The lowest BCUT2D eigenvalue weighted by atomic mass is 10.2. The SMILES string of the molecule is CC(C)CNC(=O)CCNC(=O)c1ccc(C(=O)O)cn1. The third-order valence-corrected chi connectivity index (χ3v) is 2.59. The van der Waals surface area contributed by atoms with Crippen LogP contribution in [0.25, 0.3) is 0 Å². The molecular formula is C14H19N3O4. The van der Waals surface area contributed by atoms with Gasteiger partial charge in [0.2, 0.25) is 5.91 Å². The molecule has 114 valence electrons. The number of rotatable bonds is 7. The van der Waals surface area contributed by atoms with E-state index in [1.807, 2.05) is 13.8 Å². The smallest absolute Gasteiger partial charge is 0.337 e. The molecule has 1 heterocycles. The van der Waals surface area contributed by atoms with E-state index in [-0.39, 0.29) is 30.1 Å². The Morgan fingerprint density at radius 3 is 2.48 bits per heavy atom. The number of carboxylic acids is 1. The van der Waals surface area contributed by atoms with Crippen LogP contribution in [0.2, 0.25) is 0 Å². The topological polar surface area (TPSA) is 108 Å². The van der Waals surface area contributed by atoms with Crippen molar-refractivity contribution in [1.82, 2.24) is 15.6 Å². The Morgan fingerprint density at radius 1 is 1.24 bits per heavy atom. The number of pyridine rings is 1. The largest absolute Gasteiger partial charge is 0.478 e. The van der Waals surface area contributed by atoms with Gasteiger partial charge in [-0.3, -0.25) is 14.6 Å². The van der Waals surface area contributed by atoms with E-state index in [1.54, 1.807) is 0 Å². The molecule has 0 radical (unpaired) electrons. The lowest BCUT2D eigenvalue weighted by Crippen LogP contribution is -2.32. The monoisotopic (exact) mass is 293 g/mol. The van der Waals surface area contributed by atoms with Crippen molar-refractivity contribution in [2.75, 3.05) is 13.1 Å². The summed E-state index contributed by atoms with van der Waals surface area (Å²) in [5.74, 6) is -1.29. The number of carbonyl (C=O) groups excluding carboxylic acids is 2. The molecule has 21 heavy (non-hydrogen) atoms. The Hall–Kier alpha value is -2.44. The van der Waals surface area contributed by atoms with E-state index < -0.39 is 11.9 Å². The van der Waals surface area contributed by atoms with Crippen molar-refractivity contribution in [3.63, 3.8) is 0 Å². The molecule has 1 aromatic heterocycles. The van der Waals surface area contributed by atoms with Gasteiger partial charge < -0.3 is 15.7 Å². The van der Waals surface area contributed by atoms with Crippen LogP contribution in [0.5, 0.6) is 0 Å². The number of nitrogens with one attached hydrogen (secondary N) is 2. The minimum absolute atomic E-state index is 0.0135. The molecule has 7 nitrogen and oxygen atoms in total. The van der Waals surface area contributed by atoms with Gasteiger partial charge >= 0.3 is 5.97 Å². The van der Waals surface area contributed by atoms with Crippen molar-refractivity contribution in [3.05, 3.63) is 29.6 Å². The third-order valence-electron chi connectivity index (χ3n) is 2.59. The zero-order valence-electron chi connectivity index (χ0n) is 12.0. The maximum atomic E-state index is 11.7. The number of carbonyl (C=O) groups is 3. The van der Waals surface area contributed by atoms with E-state index in [0.29, 0.717) is 12.5 Å². The van der Waals surface area contributed by atoms with Crippen molar-refractivity contribution in [1.29, 1.82) is 0 Å². The molecule has 0 atom stereocenters. The minimum atomic E-state index is -1.10. The highest BCUT2D eigenvalue weighted by atomic mass is 16.4. The van der Waals surface area contributed by atoms with Crippen molar-refractivity contribution in [2.24, 2.45) is 5.92 Å². The van der Waals surface area contributed by atoms with Crippen LogP contribution in [0.4, 0.5) is 0 Å². The molecule has 3 N–H and O–H groups in total. The molecule has 0 spiro atoms. The number of amides is 2. The number of nitrogens with zero attached hydrogens (tertiary/aromatic N) is 1. The second-order valence-electron chi connectivity index (χ2n) is 4.94. The van der Waals surface area contributed by atoms with Crippen LogP contribution in [0.1, 0.15) is 41.1 Å². The Bertz CT molecular complexity index is 511. The maximum absolute atomic E-state index is 11.7. The van der Waals surface area contributed by atoms with E-state index in [4.69, 9.17) is 5.11 Å². The third kappa shape index (κ3) is 6.03. The molecule has 7 heteroatoms.